The highest BCUT2D eigenvalue weighted by Gasteiger charge is 2.63. The molecule has 0 bridgehead atoms. The van der Waals surface area contributed by atoms with E-state index >= 15 is 0 Å². The van der Waals surface area contributed by atoms with E-state index in [2.05, 4.69) is 29.2 Å². The third kappa shape index (κ3) is 5.22. The number of pyridine rings is 1. The fourth-order valence-electron chi connectivity index (χ4n) is 4.87. The molecule has 1 aliphatic heterocycles. The van der Waals surface area contributed by atoms with Crippen LogP contribution in [0.15, 0.2) is 59.6 Å². The van der Waals surface area contributed by atoms with E-state index in [0.717, 1.165) is 58.1 Å². The number of rotatable bonds is 7. The maximum absolute atomic E-state index is 12.9. The number of fused-ring (bicyclic) bond motifs is 1. The minimum Gasteiger partial charge on any atom is -0.489 e. The molecular formula is C29H32N2O3S. The first-order valence-electron chi connectivity index (χ1n) is 12.2. The number of ether oxygens (including phenoxy) is 2. The highest BCUT2D eigenvalue weighted by atomic mass is 32.2. The Morgan fingerprint density at radius 3 is 2.63 bits per heavy atom. The second kappa shape index (κ2) is 9.30. The molecule has 1 aliphatic carbocycles. The molecule has 0 radical (unpaired) electrons. The molecule has 2 atom stereocenters. The van der Waals surface area contributed by atoms with Crippen LogP contribution in [-0.4, -0.2) is 33.9 Å². The maximum Gasteiger partial charge on any atom is 0.310 e. The third-order valence-corrected chi connectivity index (χ3v) is 7.74. The zero-order valence-corrected chi connectivity index (χ0v) is 21.7. The summed E-state index contributed by atoms with van der Waals surface area (Å²) in [6.45, 7) is 9.10. The number of aryl methyl sites for hydroxylation is 1. The van der Waals surface area contributed by atoms with Crippen LogP contribution in [0.5, 0.6) is 5.75 Å². The van der Waals surface area contributed by atoms with Crippen molar-refractivity contribution >= 4 is 33.7 Å². The van der Waals surface area contributed by atoms with E-state index in [1.807, 2.05) is 58.0 Å². The largest absolute Gasteiger partial charge is 0.489 e. The standard InChI is InChI=1S/C29H32N2O3S/c1-19-15-21(23-7-5-6-8-25(23)31-19)18-33-22-11-9-20(10-12-22)16-29(27-30-13-14-35-27)17-24(29)26(32)34-28(2,3)4/h5-12,15,24H,13-14,16-18H2,1-4H3/t24-,29+/m1/s1. The second-order valence-electron chi connectivity index (χ2n) is 10.5. The van der Waals surface area contributed by atoms with E-state index in [9.17, 15) is 4.79 Å². The fourth-order valence-corrected chi connectivity index (χ4v) is 6.02. The van der Waals surface area contributed by atoms with E-state index in [1.54, 1.807) is 11.8 Å². The molecule has 0 spiro atoms. The Morgan fingerprint density at radius 2 is 1.91 bits per heavy atom. The van der Waals surface area contributed by atoms with Gasteiger partial charge in [0.1, 0.15) is 18.0 Å². The first-order chi connectivity index (χ1) is 16.7. The van der Waals surface area contributed by atoms with E-state index < -0.39 is 5.60 Å². The minimum atomic E-state index is -0.478. The van der Waals surface area contributed by atoms with Gasteiger partial charge in [0.2, 0.25) is 0 Å². The van der Waals surface area contributed by atoms with Crippen LogP contribution in [0, 0.1) is 18.3 Å². The Hall–Kier alpha value is -2.86. The van der Waals surface area contributed by atoms with Crippen LogP contribution in [0.2, 0.25) is 0 Å². The lowest BCUT2D eigenvalue weighted by Gasteiger charge is -2.22. The molecule has 0 amide bonds. The van der Waals surface area contributed by atoms with Crippen LogP contribution in [0.1, 0.15) is 44.0 Å². The molecule has 2 heterocycles. The van der Waals surface area contributed by atoms with E-state index in [0.29, 0.717) is 6.61 Å². The van der Waals surface area contributed by atoms with Crippen molar-refractivity contribution in [3.05, 3.63) is 71.4 Å². The molecular weight excluding hydrogens is 456 g/mol. The van der Waals surface area contributed by atoms with Gasteiger partial charge in [0.05, 0.1) is 16.5 Å². The number of hydrogen-bond donors (Lipinski definition) is 0. The smallest absolute Gasteiger partial charge is 0.310 e. The summed E-state index contributed by atoms with van der Waals surface area (Å²) < 4.78 is 11.9. The lowest BCUT2D eigenvalue weighted by Crippen LogP contribution is -2.28. The highest BCUT2D eigenvalue weighted by Crippen LogP contribution is 2.59. The van der Waals surface area contributed by atoms with Gasteiger partial charge in [-0.2, -0.15) is 0 Å². The topological polar surface area (TPSA) is 60.8 Å². The van der Waals surface area contributed by atoms with Gasteiger partial charge in [-0.3, -0.25) is 14.8 Å². The second-order valence-corrected chi connectivity index (χ2v) is 11.6. The summed E-state index contributed by atoms with van der Waals surface area (Å²) in [6, 6.07) is 18.5. The Kier molecular flexibility index (Phi) is 6.34. The van der Waals surface area contributed by atoms with E-state index in [4.69, 9.17) is 14.5 Å². The van der Waals surface area contributed by atoms with E-state index in [1.165, 1.54) is 5.56 Å². The number of carbonyl (C=O) groups excluding carboxylic acids is 1. The number of benzene rings is 2. The number of hydrogen-bond acceptors (Lipinski definition) is 6. The van der Waals surface area contributed by atoms with Crippen LogP contribution in [0.3, 0.4) is 0 Å². The van der Waals surface area contributed by atoms with Crippen molar-refractivity contribution < 1.29 is 14.3 Å². The Bertz CT molecular complexity index is 1280. The Balaban J connectivity index is 1.28. The zero-order valence-electron chi connectivity index (χ0n) is 20.8. The molecule has 0 unspecified atom stereocenters. The van der Waals surface area contributed by atoms with Gasteiger partial charge in [0, 0.05) is 34.4 Å². The normalized spacial score (nSPS) is 21.6. The Labute approximate surface area is 211 Å². The van der Waals surface area contributed by atoms with Crippen molar-refractivity contribution in [3.8, 4) is 5.75 Å². The van der Waals surface area contributed by atoms with Crippen molar-refractivity contribution in [3.63, 3.8) is 0 Å². The molecule has 2 aromatic carbocycles. The number of thioether (sulfide) groups is 1. The van der Waals surface area contributed by atoms with Crippen LogP contribution in [0.25, 0.3) is 10.9 Å². The fraction of sp³-hybridized carbons (Fsp3) is 0.414. The zero-order chi connectivity index (χ0) is 24.6. The summed E-state index contributed by atoms with van der Waals surface area (Å²) in [5, 5.41) is 2.24. The summed E-state index contributed by atoms with van der Waals surface area (Å²) in [5.41, 5.74) is 3.59. The van der Waals surface area contributed by atoms with Gasteiger partial charge in [0.15, 0.2) is 0 Å². The predicted molar refractivity (Wildman–Crippen MR) is 142 cm³/mol. The number of aromatic nitrogens is 1. The average Bonchev–Trinajstić information content (AvgIpc) is 3.26. The molecule has 5 rings (SSSR count). The predicted octanol–water partition coefficient (Wildman–Crippen LogP) is 6.16. The van der Waals surface area contributed by atoms with Crippen molar-refractivity contribution in [2.75, 3.05) is 12.3 Å². The molecule has 5 nitrogen and oxygen atoms in total. The number of carbonyl (C=O) groups is 1. The summed E-state index contributed by atoms with van der Waals surface area (Å²) >= 11 is 1.79. The number of esters is 1. The van der Waals surface area contributed by atoms with E-state index in [-0.39, 0.29) is 17.3 Å². The molecule has 6 heteroatoms. The monoisotopic (exact) mass is 488 g/mol. The first-order valence-corrected chi connectivity index (χ1v) is 13.2. The summed E-state index contributed by atoms with van der Waals surface area (Å²) in [6.07, 6.45) is 1.59. The SMILES string of the molecule is Cc1cc(COc2ccc(C[C@]3(C4=NCCS4)C[C@@H]3C(=O)OC(C)(C)C)cc2)c2ccccc2n1. The quantitative estimate of drug-likeness (QED) is 0.373. The molecule has 35 heavy (non-hydrogen) atoms. The van der Waals surface area contributed by atoms with Crippen molar-refractivity contribution in [2.45, 2.75) is 52.7 Å². The molecule has 1 saturated carbocycles. The number of para-hydroxylation sites is 1. The number of nitrogens with zero attached hydrogens (tertiary/aromatic N) is 2. The Morgan fingerprint density at radius 1 is 1.14 bits per heavy atom. The molecule has 2 aliphatic rings. The summed E-state index contributed by atoms with van der Waals surface area (Å²) in [4.78, 5) is 22.2. The van der Waals surface area contributed by atoms with Crippen LogP contribution in [-0.2, 0) is 22.6 Å². The van der Waals surface area contributed by atoms with Crippen molar-refractivity contribution in [1.82, 2.24) is 4.98 Å². The molecule has 3 aromatic rings. The van der Waals surface area contributed by atoms with Gasteiger partial charge in [-0.15, -0.1) is 11.8 Å². The van der Waals surface area contributed by atoms with Gasteiger partial charge in [-0.05, 0) is 70.4 Å². The van der Waals surface area contributed by atoms with Gasteiger partial charge in [-0.25, -0.2) is 0 Å². The third-order valence-electron chi connectivity index (χ3n) is 6.55. The van der Waals surface area contributed by atoms with Crippen LogP contribution in [0.4, 0.5) is 0 Å². The lowest BCUT2D eigenvalue weighted by atomic mass is 9.94. The van der Waals surface area contributed by atoms with Crippen LogP contribution >= 0.6 is 11.8 Å². The maximum atomic E-state index is 12.9. The van der Waals surface area contributed by atoms with Crippen molar-refractivity contribution in [2.24, 2.45) is 16.3 Å². The van der Waals surface area contributed by atoms with Gasteiger partial charge >= 0.3 is 5.97 Å². The average molecular weight is 489 g/mol. The van der Waals surface area contributed by atoms with Crippen molar-refractivity contribution in [1.29, 1.82) is 0 Å². The highest BCUT2D eigenvalue weighted by molar-refractivity contribution is 8.14. The molecule has 0 N–H and O–H groups in total. The summed E-state index contributed by atoms with van der Waals surface area (Å²) in [7, 11) is 0. The van der Waals surface area contributed by atoms with Crippen LogP contribution < -0.4 is 4.74 Å². The lowest BCUT2D eigenvalue weighted by molar-refractivity contribution is -0.157. The number of aliphatic imine (C=N–C) groups is 1. The molecule has 182 valence electrons. The van der Waals surface area contributed by atoms with Gasteiger partial charge < -0.3 is 9.47 Å². The van der Waals surface area contributed by atoms with Gasteiger partial charge in [0.25, 0.3) is 0 Å². The molecule has 1 aromatic heterocycles. The summed E-state index contributed by atoms with van der Waals surface area (Å²) in [5.74, 6) is 1.60. The van der Waals surface area contributed by atoms with Gasteiger partial charge in [-0.1, -0.05) is 30.3 Å². The molecule has 0 saturated heterocycles. The minimum absolute atomic E-state index is 0.104. The first kappa shape index (κ1) is 23.9. The molecule has 1 fully saturated rings.